The predicted octanol–water partition coefficient (Wildman–Crippen LogP) is 1.41. The normalized spacial score (nSPS) is 11.1. The molecule has 1 heterocycles. The lowest BCUT2D eigenvalue weighted by atomic mass is 10.2. The van der Waals surface area contributed by atoms with Crippen LogP contribution in [0.25, 0.3) is 5.57 Å². The second kappa shape index (κ2) is 3.76. The quantitative estimate of drug-likeness (QED) is 0.641. The van der Waals surface area contributed by atoms with Crippen molar-refractivity contribution in [2.75, 3.05) is 14.1 Å². The zero-order valence-electron chi connectivity index (χ0n) is 7.90. The fourth-order valence-corrected chi connectivity index (χ4v) is 0.947. The van der Waals surface area contributed by atoms with Gasteiger partial charge in [-0.15, -0.1) is 0 Å². The smallest absolute Gasteiger partial charge is 0.181 e. The van der Waals surface area contributed by atoms with Gasteiger partial charge in [0.05, 0.1) is 6.20 Å². The van der Waals surface area contributed by atoms with E-state index in [1.165, 1.54) is 0 Å². The average Bonchev–Trinajstić information content (AvgIpc) is 2.47. The van der Waals surface area contributed by atoms with Gasteiger partial charge in [0.2, 0.25) is 0 Å². The molecule has 0 saturated heterocycles. The van der Waals surface area contributed by atoms with Crippen LogP contribution in [0.3, 0.4) is 0 Å². The first-order valence-electron chi connectivity index (χ1n) is 3.85. The number of nitriles is 1. The number of rotatable bonds is 2. The maximum Gasteiger partial charge on any atom is 0.181 e. The van der Waals surface area contributed by atoms with Gasteiger partial charge in [0, 0.05) is 25.9 Å². The van der Waals surface area contributed by atoms with Gasteiger partial charge in [0.1, 0.15) is 11.6 Å². The molecule has 1 aromatic rings. The zero-order valence-corrected chi connectivity index (χ0v) is 7.90. The van der Waals surface area contributed by atoms with Crippen LogP contribution < -0.4 is 0 Å². The van der Waals surface area contributed by atoms with Crippen molar-refractivity contribution in [1.82, 2.24) is 10.1 Å². The average molecular weight is 177 g/mol. The first kappa shape index (κ1) is 9.33. The van der Waals surface area contributed by atoms with Crippen LogP contribution in [0.5, 0.6) is 0 Å². The van der Waals surface area contributed by atoms with Gasteiger partial charge < -0.3 is 9.42 Å². The van der Waals surface area contributed by atoms with Crippen molar-refractivity contribution in [3.8, 4) is 6.07 Å². The largest absolute Gasteiger partial charge is 0.382 e. The topological polar surface area (TPSA) is 53.1 Å². The molecule has 4 heteroatoms. The lowest BCUT2D eigenvalue weighted by Crippen LogP contribution is -2.02. The van der Waals surface area contributed by atoms with E-state index < -0.39 is 0 Å². The van der Waals surface area contributed by atoms with Crippen LogP contribution in [0.4, 0.5) is 0 Å². The van der Waals surface area contributed by atoms with Gasteiger partial charge >= 0.3 is 0 Å². The summed E-state index contributed by atoms with van der Waals surface area (Å²) >= 11 is 0. The van der Waals surface area contributed by atoms with Crippen LogP contribution in [0, 0.1) is 18.3 Å². The highest BCUT2D eigenvalue weighted by molar-refractivity contribution is 5.74. The Labute approximate surface area is 77.0 Å². The third-order valence-electron chi connectivity index (χ3n) is 1.50. The lowest BCUT2D eigenvalue weighted by molar-refractivity contribution is 0.409. The highest BCUT2D eigenvalue weighted by Crippen LogP contribution is 2.17. The van der Waals surface area contributed by atoms with Gasteiger partial charge in [0.25, 0.3) is 0 Å². The molecule has 0 aromatic carbocycles. The molecular weight excluding hydrogens is 166 g/mol. The van der Waals surface area contributed by atoms with E-state index in [1.54, 1.807) is 17.3 Å². The molecule has 0 fully saturated rings. The molecule has 4 nitrogen and oxygen atoms in total. The third kappa shape index (κ3) is 2.09. The summed E-state index contributed by atoms with van der Waals surface area (Å²) in [6.45, 7) is 1.85. The fraction of sp³-hybridized carbons (Fsp3) is 0.333. The second-order valence-corrected chi connectivity index (χ2v) is 2.96. The van der Waals surface area contributed by atoms with Gasteiger partial charge in [-0.05, 0) is 6.92 Å². The maximum atomic E-state index is 8.84. The Morgan fingerprint density at radius 3 is 2.77 bits per heavy atom. The van der Waals surface area contributed by atoms with E-state index in [1.807, 2.05) is 21.0 Å². The summed E-state index contributed by atoms with van der Waals surface area (Å²) in [7, 11) is 3.70. The number of hydrogen-bond acceptors (Lipinski definition) is 4. The second-order valence-electron chi connectivity index (χ2n) is 2.96. The summed E-state index contributed by atoms with van der Waals surface area (Å²) in [5.41, 5.74) is 1.36. The van der Waals surface area contributed by atoms with E-state index in [0.29, 0.717) is 11.3 Å². The van der Waals surface area contributed by atoms with E-state index in [-0.39, 0.29) is 0 Å². The zero-order chi connectivity index (χ0) is 9.84. The van der Waals surface area contributed by atoms with Crippen molar-refractivity contribution in [2.24, 2.45) is 0 Å². The highest BCUT2D eigenvalue weighted by atomic mass is 16.5. The minimum Gasteiger partial charge on any atom is -0.382 e. The maximum absolute atomic E-state index is 8.84. The van der Waals surface area contributed by atoms with Gasteiger partial charge in [-0.1, -0.05) is 5.16 Å². The Morgan fingerprint density at radius 1 is 1.69 bits per heavy atom. The third-order valence-corrected chi connectivity index (χ3v) is 1.50. The van der Waals surface area contributed by atoms with Crippen molar-refractivity contribution < 1.29 is 4.52 Å². The van der Waals surface area contributed by atoms with Crippen LogP contribution in [0.1, 0.15) is 11.3 Å². The molecular formula is C9H11N3O. The minimum absolute atomic E-state index is 0.486. The molecule has 0 saturated carbocycles. The molecule has 0 atom stereocenters. The Kier molecular flexibility index (Phi) is 2.70. The van der Waals surface area contributed by atoms with E-state index in [4.69, 9.17) is 9.78 Å². The number of hydrogen-bond donors (Lipinski definition) is 0. The lowest BCUT2D eigenvalue weighted by Gasteiger charge is -2.04. The molecule has 0 radical (unpaired) electrons. The summed E-state index contributed by atoms with van der Waals surface area (Å²) in [4.78, 5) is 1.79. The van der Waals surface area contributed by atoms with E-state index in [9.17, 15) is 0 Å². The van der Waals surface area contributed by atoms with Crippen molar-refractivity contribution >= 4 is 5.57 Å². The number of aromatic nitrogens is 1. The molecule has 0 aliphatic rings. The summed E-state index contributed by atoms with van der Waals surface area (Å²) in [5.74, 6) is 0.538. The molecule has 0 aliphatic carbocycles. The summed E-state index contributed by atoms with van der Waals surface area (Å²) in [5, 5.41) is 12.5. The summed E-state index contributed by atoms with van der Waals surface area (Å²) in [6.07, 6.45) is 3.30. The number of nitrogens with zero attached hydrogens (tertiary/aromatic N) is 3. The molecule has 0 amide bonds. The van der Waals surface area contributed by atoms with Crippen LogP contribution in [0.15, 0.2) is 16.9 Å². The van der Waals surface area contributed by atoms with Crippen LogP contribution in [-0.2, 0) is 0 Å². The Bertz CT molecular complexity index is 357. The van der Waals surface area contributed by atoms with Gasteiger partial charge in [-0.2, -0.15) is 5.26 Å². The van der Waals surface area contributed by atoms with Crippen molar-refractivity contribution in [2.45, 2.75) is 6.92 Å². The van der Waals surface area contributed by atoms with E-state index in [0.717, 1.165) is 5.56 Å². The van der Waals surface area contributed by atoms with E-state index in [2.05, 4.69) is 11.2 Å². The Morgan fingerprint density at radius 2 is 2.38 bits per heavy atom. The first-order valence-corrected chi connectivity index (χ1v) is 3.85. The monoisotopic (exact) mass is 177 g/mol. The number of allylic oxidation sites excluding steroid dienone is 1. The molecule has 0 bridgehead atoms. The van der Waals surface area contributed by atoms with Crippen molar-refractivity contribution in [3.05, 3.63) is 23.7 Å². The summed E-state index contributed by atoms with van der Waals surface area (Å²) < 4.78 is 4.95. The standard InChI is InChI=1S/C9H11N3O/c1-7-5-11-13-9(7)8(4-10)6-12(2)3/h5-6H,1-3H3/b8-6-. The van der Waals surface area contributed by atoms with E-state index >= 15 is 0 Å². The van der Waals surface area contributed by atoms with Gasteiger partial charge in [0.15, 0.2) is 5.76 Å². The van der Waals surface area contributed by atoms with Gasteiger partial charge in [-0.3, -0.25) is 0 Å². The van der Waals surface area contributed by atoms with Crippen molar-refractivity contribution in [1.29, 1.82) is 5.26 Å². The molecule has 0 N–H and O–H groups in total. The predicted molar refractivity (Wildman–Crippen MR) is 48.5 cm³/mol. The Hall–Kier alpha value is -1.76. The van der Waals surface area contributed by atoms with Crippen LogP contribution in [-0.4, -0.2) is 24.2 Å². The molecule has 68 valence electrons. The molecule has 1 rings (SSSR count). The van der Waals surface area contributed by atoms with Crippen molar-refractivity contribution in [3.63, 3.8) is 0 Å². The highest BCUT2D eigenvalue weighted by Gasteiger charge is 2.09. The molecule has 0 aliphatic heterocycles. The molecule has 0 spiro atoms. The molecule has 13 heavy (non-hydrogen) atoms. The number of aryl methyl sites for hydroxylation is 1. The summed E-state index contributed by atoms with van der Waals surface area (Å²) in [6, 6.07) is 2.06. The molecule has 1 aromatic heterocycles. The minimum atomic E-state index is 0.486. The fourth-order valence-electron chi connectivity index (χ4n) is 0.947. The first-order chi connectivity index (χ1) is 6.15. The van der Waals surface area contributed by atoms with Crippen LogP contribution in [0.2, 0.25) is 0 Å². The Balaban J connectivity index is 3.07. The van der Waals surface area contributed by atoms with Gasteiger partial charge in [-0.25, -0.2) is 0 Å². The SMILES string of the molecule is Cc1cnoc1/C(C#N)=C\N(C)C. The van der Waals surface area contributed by atoms with Crippen LogP contribution >= 0.6 is 0 Å². The molecule has 0 unspecified atom stereocenters.